The van der Waals surface area contributed by atoms with Crippen molar-refractivity contribution in [2.45, 2.75) is 19.9 Å². The maximum Gasteiger partial charge on any atom is 0.266 e. The number of nitrogens with zero attached hydrogens (tertiary/aromatic N) is 6. The Kier molecular flexibility index (Phi) is 3.98. The maximum absolute atomic E-state index is 12.7. The van der Waals surface area contributed by atoms with Crippen molar-refractivity contribution in [3.63, 3.8) is 0 Å². The summed E-state index contributed by atoms with van der Waals surface area (Å²) in [6.07, 6.45) is 1.51. The summed E-state index contributed by atoms with van der Waals surface area (Å²) in [7, 11) is 0. The van der Waals surface area contributed by atoms with E-state index in [2.05, 4.69) is 34.3 Å². The predicted octanol–water partition coefficient (Wildman–Crippen LogP) is 0.890. The molecular weight excluding hydrogens is 288 g/mol. The molecule has 0 spiro atoms. The van der Waals surface area contributed by atoms with Crippen molar-refractivity contribution in [3.8, 4) is 5.69 Å². The van der Waals surface area contributed by atoms with Crippen molar-refractivity contribution in [1.29, 1.82) is 0 Å². The summed E-state index contributed by atoms with van der Waals surface area (Å²) in [4.78, 5) is 17.7. The van der Waals surface area contributed by atoms with Crippen LogP contribution in [-0.4, -0.2) is 68.1 Å². The molecule has 0 aromatic carbocycles. The topological polar surface area (TPSA) is 67.2 Å². The van der Waals surface area contributed by atoms with Crippen LogP contribution in [0.15, 0.2) is 17.8 Å². The van der Waals surface area contributed by atoms with Crippen LogP contribution in [-0.2, 0) is 0 Å². The molecule has 0 bridgehead atoms. The maximum atomic E-state index is 12.7. The molecule has 1 aliphatic heterocycles. The molecule has 8 heteroatoms. The Balaban J connectivity index is 1.74. The molecule has 2 aromatic rings. The molecule has 2 aromatic heterocycles. The Labute approximate surface area is 127 Å². The third-order valence-corrected chi connectivity index (χ3v) is 4.66. The Bertz CT molecular complexity index is 600. The molecule has 3 heterocycles. The van der Waals surface area contributed by atoms with Gasteiger partial charge in [0.05, 0.1) is 5.69 Å². The average molecular weight is 306 g/mol. The number of amides is 1. The number of thiophene rings is 1. The highest BCUT2D eigenvalue weighted by molar-refractivity contribution is 7.12. The molecular formula is C13H18N6OS. The van der Waals surface area contributed by atoms with Gasteiger partial charge in [0.25, 0.3) is 5.91 Å². The zero-order valence-electron chi connectivity index (χ0n) is 12.1. The molecule has 0 N–H and O–H groups in total. The fourth-order valence-corrected chi connectivity index (χ4v) is 3.34. The Morgan fingerprint density at radius 3 is 2.67 bits per heavy atom. The van der Waals surface area contributed by atoms with Crippen molar-refractivity contribution >= 4 is 17.2 Å². The quantitative estimate of drug-likeness (QED) is 0.842. The number of carbonyl (C=O) groups is 1. The lowest BCUT2D eigenvalue weighted by Gasteiger charge is -2.36. The van der Waals surface area contributed by atoms with Gasteiger partial charge in [-0.2, -0.15) is 4.68 Å². The minimum absolute atomic E-state index is 0.0684. The van der Waals surface area contributed by atoms with Crippen LogP contribution in [0.3, 0.4) is 0 Å². The largest absolute Gasteiger partial charge is 0.335 e. The molecule has 0 unspecified atom stereocenters. The molecule has 1 saturated heterocycles. The first-order valence-electron chi connectivity index (χ1n) is 7.01. The van der Waals surface area contributed by atoms with Crippen molar-refractivity contribution in [3.05, 3.63) is 22.7 Å². The second kappa shape index (κ2) is 5.90. The van der Waals surface area contributed by atoms with Crippen LogP contribution >= 0.6 is 11.3 Å². The molecule has 1 fully saturated rings. The van der Waals surface area contributed by atoms with E-state index in [0.717, 1.165) is 31.9 Å². The third-order valence-electron chi connectivity index (χ3n) is 3.77. The van der Waals surface area contributed by atoms with E-state index in [4.69, 9.17) is 0 Å². The number of hydrogen-bond acceptors (Lipinski definition) is 6. The average Bonchev–Trinajstić information content (AvgIpc) is 3.17. The van der Waals surface area contributed by atoms with Crippen LogP contribution < -0.4 is 0 Å². The van der Waals surface area contributed by atoms with Gasteiger partial charge in [-0.25, -0.2) is 0 Å². The molecule has 1 amide bonds. The molecule has 7 nitrogen and oxygen atoms in total. The molecule has 0 radical (unpaired) electrons. The summed E-state index contributed by atoms with van der Waals surface area (Å²) in [6, 6.07) is 2.40. The van der Waals surface area contributed by atoms with Gasteiger partial charge in [0.15, 0.2) is 0 Å². The highest BCUT2D eigenvalue weighted by Crippen LogP contribution is 2.22. The predicted molar refractivity (Wildman–Crippen MR) is 79.6 cm³/mol. The highest BCUT2D eigenvalue weighted by atomic mass is 32.1. The lowest BCUT2D eigenvalue weighted by atomic mass is 10.2. The molecule has 0 atom stereocenters. The normalized spacial score (nSPS) is 16.6. The number of rotatable bonds is 3. The van der Waals surface area contributed by atoms with Gasteiger partial charge in [-0.1, -0.05) is 0 Å². The Morgan fingerprint density at radius 2 is 2.05 bits per heavy atom. The van der Waals surface area contributed by atoms with Gasteiger partial charge in [-0.15, -0.1) is 16.4 Å². The molecule has 1 aliphatic rings. The van der Waals surface area contributed by atoms with Gasteiger partial charge >= 0.3 is 0 Å². The molecule has 0 saturated carbocycles. The van der Waals surface area contributed by atoms with E-state index < -0.39 is 0 Å². The smallest absolute Gasteiger partial charge is 0.266 e. The lowest BCUT2D eigenvalue weighted by Crippen LogP contribution is -2.50. The fraction of sp³-hybridized carbons (Fsp3) is 0.538. The van der Waals surface area contributed by atoms with Crippen LogP contribution in [0.1, 0.15) is 23.5 Å². The molecule has 0 aliphatic carbocycles. The van der Waals surface area contributed by atoms with Crippen molar-refractivity contribution in [1.82, 2.24) is 30.0 Å². The van der Waals surface area contributed by atoms with Crippen LogP contribution in [0.2, 0.25) is 0 Å². The summed E-state index contributed by atoms with van der Waals surface area (Å²) >= 11 is 1.44. The van der Waals surface area contributed by atoms with Crippen molar-refractivity contribution in [2.75, 3.05) is 26.2 Å². The third kappa shape index (κ3) is 2.81. The van der Waals surface area contributed by atoms with E-state index >= 15 is 0 Å². The first-order valence-corrected chi connectivity index (χ1v) is 7.89. The van der Waals surface area contributed by atoms with E-state index in [9.17, 15) is 4.79 Å². The summed E-state index contributed by atoms with van der Waals surface area (Å²) < 4.78 is 1.54. The standard InChI is InChI=1S/C13H18N6OS/c1-10(2)17-4-6-18(7-5-17)13(20)12-11(3-8-21-12)19-9-14-15-16-19/h3,8-10H,4-7H2,1-2H3. The number of carbonyl (C=O) groups excluding carboxylic acids is 1. The summed E-state index contributed by atoms with van der Waals surface area (Å²) in [5.41, 5.74) is 0.751. The minimum Gasteiger partial charge on any atom is -0.335 e. The second-order valence-electron chi connectivity index (χ2n) is 5.31. The number of hydrogen-bond donors (Lipinski definition) is 0. The fourth-order valence-electron chi connectivity index (χ4n) is 2.50. The minimum atomic E-state index is 0.0684. The first-order chi connectivity index (χ1) is 10.2. The van der Waals surface area contributed by atoms with Crippen LogP contribution in [0.25, 0.3) is 5.69 Å². The number of aromatic nitrogens is 4. The molecule has 3 rings (SSSR count). The first kappa shape index (κ1) is 14.2. The van der Waals surface area contributed by atoms with Gasteiger partial charge in [0.1, 0.15) is 11.2 Å². The van der Waals surface area contributed by atoms with Crippen molar-refractivity contribution < 1.29 is 4.79 Å². The van der Waals surface area contributed by atoms with E-state index in [0.29, 0.717) is 10.9 Å². The Hall–Kier alpha value is -1.80. The molecule has 112 valence electrons. The zero-order valence-corrected chi connectivity index (χ0v) is 13.0. The van der Waals surface area contributed by atoms with Crippen LogP contribution in [0.5, 0.6) is 0 Å². The van der Waals surface area contributed by atoms with E-state index in [1.165, 1.54) is 22.3 Å². The van der Waals surface area contributed by atoms with Crippen LogP contribution in [0, 0.1) is 0 Å². The van der Waals surface area contributed by atoms with Gasteiger partial charge in [-0.3, -0.25) is 9.69 Å². The zero-order chi connectivity index (χ0) is 14.8. The van der Waals surface area contributed by atoms with Gasteiger partial charge in [0, 0.05) is 32.2 Å². The SMILES string of the molecule is CC(C)N1CCN(C(=O)c2sccc2-n2cnnn2)CC1. The van der Waals surface area contributed by atoms with E-state index in [1.54, 1.807) is 0 Å². The van der Waals surface area contributed by atoms with Gasteiger partial charge in [-0.05, 0) is 35.7 Å². The summed E-state index contributed by atoms with van der Waals surface area (Å²) in [6.45, 7) is 7.76. The summed E-state index contributed by atoms with van der Waals surface area (Å²) in [5, 5.41) is 13.0. The van der Waals surface area contributed by atoms with E-state index in [1.807, 2.05) is 16.3 Å². The monoisotopic (exact) mass is 306 g/mol. The van der Waals surface area contributed by atoms with Gasteiger partial charge < -0.3 is 4.90 Å². The second-order valence-corrected chi connectivity index (χ2v) is 6.23. The highest BCUT2D eigenvalue weighted by Gasteiger charge is 2.26. The van der Waals surface area contributed by atoms with Crippen molar-refractivity contribution in [2.24, 2.45) is 0 Å². The Morgan fingerprint density at radius 1 is 1.29 bits per heavy atom. The number of piperazine rings is 1. The molecule has 21 heavy (non-hydrogen) atoms. The van der Waals surface area contributed by atoms with Crippen LogP contribution in [0.4, 0.5) is 0 Å². The lowest BCUT2D eigenvalue weighted by molar-refractivity contribution is 0.0600. The van der Waals surface area contributed by atoms with Gasteiger partial charge in [0.2, 0.25) is 0 Å². The number of tetrazole rings is 1. The summed E-state index contributed by atoms with van der Waals surface area (Å²) in [5.74, 6) is 0.0684. The van der Waals surface area contributed by atoms with E-state index in [-0.39, 0.29) is 5.91 Å².